The van der Waals surface area contributed by atoms with Crippen molar-refractivity contribution in [3.8, 4) is 11.5 Å². The standard InChI is InChI=1S/C16H16ClNO2S/c17-14-8-12(18)3-2-11(14)10-21-13-4-5-15-16(9-13)20-7-1-6-19-15/h2-5,8-9H,1,6-7,10,18H2. The summed E-state index contributed by atoms with van der Waals surface area (Å²) in [5, 5.41) is 0.705. The van der Waals surface area contributed by atoms with Crippen molar-refractivity contribution in [1.29, 1.82) is 0 Å². The Morgan fingerprint density at radius 1 is 1.05 bits per heavy atom. The van der Waals surface area contributed by atoms with Gasteiger partial charge in [0.2, 0.25) is 0 Å². The first-order chi connectivity index (χ1) is 10.2. The molecular weight excluding hydrogens is 306 g/mol. The zero-order chi connectivity index (χ0) is 14.7. The maximum atomic E-state index is 6.19. The van der Waals surface area contributed by atoms with Gasteiger partial charge in [-0.3, -0.25) is 0 Å². The molecule has 0 aliphatic carbocycles. The summed E-state index contributed by atoms with van der Waals surface area (Å²) in [5.41, 5.74) is 7.46. The third kappa shape index (κ3) is 3.57. The van der Waals surface area contributed by atoms with Gasteiger partial charge in [0.1, 0.15) is 0 Å². The third-order valence-electron chi connectivity index (χ3n) is 3.19. The van der Waals surface area contributed by atoms with Crippen LogP contribution in [0.2, 0.25) is 5.02 Å². The van der Waals surface area contributed by atoms with Crippen molar-refractivity contribution in [3.05, 3.63) is 47.0 Å². The van der Waals surface area contributed by atoms with Crippen LogP contribution in [0.1, 0.15) is 12.0 Å². The van der Waals surface area contributed by atoms with Crippen LogP contribution in [0, 0.1) is 0 Å². The van der Waals surface area contributed by atoms with E-state index in [-0.39, 0.29) is 0 Å². The summed E-state index contributed by atoms with van der Waals surface area (Å²) < 4.78 is 11.3. The van der Waals surface area contributed by atoms with Crippen molar-refractivity contribution < 1.29 is 9.47 Å². The van der Waals surface area contributed by atoms with E-state index in [1.807, 2.05) is 30.3 Å². The van der Waals surface area contributed by atoms with E-state index >= 15 is 0 Å². The van der Waals surface area contributed by atoms with E-state index in [0.29, 0.717) is 23.9 Å². The van der Waals surface area contributed by atoms with Gasteiger partial charge in [-0.2, -0.15) is 0 Å². The average molecular weight is 322 g/mol. The number of anilines is 1. The Bertz CT molecular complexity index is 648. The van der Waals surface area contributed by atoms with Crippen molar-refractivity contribution in [2.75, 3.05) is 18.9 Å². The Morgan fingerprint density at radius 3 is 2.67 bits per heavy atom. The summed E-state index contributed by atoms with van der Waals surface area (Å²) in [7, 11) is 0. The summed E-state index contributed by atoms with van der Waals surface area (Å²) in [6, 6.07) is 11.7. The molecule has 0 amide bonds. The van der Waals surface area contributed by atoms with Crippen LogP contribution in [-0.4, -0.2) is 13.2 Å². The fourth-order valence-corrected chi connectivity index (χ4v) is 3.34. The highest BCUT2D eigenvalue weighted by Gasteiger charge is 2.11. The Hall–Kier alpha value is -1.52. The lowest BCUT2D eigenvalue weighted by Crippen LogP contribution is -1.97. The Morgan fingerprint density at radius 2 is 1.86 bits per heavy atom. The van der Waals surface area contributed by atoms with E-state index in [1.54, 1.807) is 17.8 Å². The second kappa shape index (κ2) is 6.50. The van der Waals surface area contributed by atoms with Crippen LogP contribution in [0.25, 0.3) is 0 Å². The smallest absolute Gasteiger partial charge is 0.162 e. The number of benzene rings is 2. The zero-order valence-electron chi connectivity index (χ0n) is 11.5. The van der Waals surface area contributed by atoms with E-state index in [1.165, 1.54) is 0 Å². The first-order valence-electron chi connectivity index (χ1n) is 6.79. The fraction of sp³-hybridized carbons (Fsp3) is 0.250. The molecule has 0 aromatic heterocycles. The molecule has 0 unspecified atom stereocenters. The minimum atomic E-state index is 0.685. The molecule has 110 valence electrons. The van der Waals surface area contributed by atoms with Crippen LogP contribution in [0.4, 0.5) is 5.69 Å². The van der Waals surface area contributed by atoms with E-state index in [9.17, 15) is 0 Å². The van der Waals surface area contributed by atoms with Gasteiger partial charge in [-0.25, -0.2) is 0 Å². The molecule has 0 fully saturated rings. The molecule has 1 heterocycles. The molecular formula is C16H16ClNO2S. The van der Waals surface area contributed by atoms with E-state index in [0.717, 1.165) is 34.1 Å². The zero-order valence-corrected chi connectivity index (χ0v) is 13.0. The number of nitrogen functional groups attached to an aromatic ring is 1. The largest absolute Gasteiger partial charge is 0.490 e. The number of fused-ring (bicyclic) bond motifs is 1. The number of hydrogen-bond acceptors (Lipinski definition) is 4. The second-order valence-electron chi connectivity index (χ2n) is 4.80. The van der Waals surface area contributed by atoms with Crippen molar-refractivity contribution in [2.24, 2.45) is 0 Å². The Kier molecular flexibility index (Phi) is 4.46. The molecule has 0 atom stereocenters. The highest BCUT2D eigenvalue weighted by Crippen LogP contribution is 2.35. The van der Waals surface area contributed by atoms with Gasteiger partial charge < -0.3 is 15.2 Å². The van der Waals surface area contributed by atoms with E-state index < -0.39 is 0 Å². The van der Waals surface area contributed by atoms with Gasteiger partial charge in [0, 0.05) is 27.8 Å². The van der Waals surface area contributed by atoms with Gasteiger partial charge in [-0.15, -0.1) is 11.8 Å². The number of halogens is 1. The molecule has 2 aromatic rings. The lowest BCUT2D eigenvalue weighted by molar-refractivity contribution is 0.297. The summed E-state index contributed by atoms with van der Waals surface area (Å²) in [5.74, 6) is 2.43. The maximum absolute atomic E-state index is 6.19. The molecule has 21 heavy (non-hydrogen) atoms. The summed E-state index contributed by atoms with van der Waals surface area (Å²) in [6.07, 6.45) is 0.915. The molecule has 2 aromatic carbocycles. The SMILES string of the molecule is Nc1ccc(CSc2ccc3c(c2)OCCCO3)c(Cl)c1. The average Bonchev–Trinajstić information content (AvgIpc) is 2.71. The Labute approximate surface area is 133 Å². The second-order valence-corrected chi connectivity index (χ2v) is 6.25. The predicted octanol–water partition coefficient (Wildman–Crippen LogP) is 4.38. The van der Waals surface area contributed by atoms with Gasteiger partial charge in [-0.1, -0.05) is 17.7 Å². The number of hydrogen-bond donors (Lipinski definition) is 1. The molecule has 0 saturated carbocycles. The third-order valence-corrected chi connectivity index (χ3v) is 4.58. The van der Waals surface area contributed by atoms with Crippen LogP contribution in [-0.2, 0) is 5.75 Å². The van der Waals surface area contributed by atoms with Gasteiger partial charge in [0.15, 0.2) is 11.5 Å². The summed E-state index contributed by atoms with van der Waals surface area (Å²) in [6.45, 7) is 1.41. The van der Waals surface area contributed by atoms with Gasteiger partial charge in [0.05, 0.1) is 13.2 Å². The highest BCUT2D eigenvalue weighted by molar-refractivity contribution is 7.98. The number of thioether (sulfide) groups is 1. The topological polar surface area (TPSA) is 44.5 Å². The summed E-state index contributed by atoms with van der Waals surface area (Å²) >= 11 is 7.91. The molecule has 3 rings (SSSR count). The first kappa shape index (κ1) is 14.4. The molecule has 3 nitrogen and oxygen atoms in total. The molecule has 0 spiro atoms. The van der Waals surface area contributed by atoms with E-state index in [2.05, 4.69) is 0 Å². The minimum Gasteiger partial charge on any atom is -0.490 e. The lowest BCUT2D eigenvalue weighted by atomic mass is 10.2. The van der Waals surface area contributed by atoms with Crippen LogP contribution in [0.3, 0.4) is 0 Å². The molecule has 0 radical (unpaired) electrons. The first-order valence-corrected chi connectivity index (χ1v) is 8.15. The van der Waals surface area contributed by atoms with Gasteiger partial charge in [0.25, 0.3) is 0 Å². The van der Waals surface area contributed by atoms with Crippen molar-refractivity contribution in [3.63, 3.8) is 0 Å². The van der Waals surface area contributed by atoms with Crippen LogP contribution >= 0.6 is 23.4 Å². The Balaban J connectivity index is 1.72. The van der Waals surface area contributed by atoms with Gasteiger partial charge in [-0.05, 0) is 35.9 Å². The molecule has 5 heteroatoms. The summed E-state index contributed by atoms with van der Waals surface area (Å²) in [4.78, 5) is 1.13. The van der Waals surface area contributed by atoms with Crippen LogP contribution < -0.4 is 15.2 Å². The van der Waals surface area contributed by atoms with E-state index in [4.69, 9.17) is 26.8 Å². The maximum Gasteiger partial charge on any atom is 0.162 e. The minimum absolute atomic E-state index is 0.685. The van der Waals surface area contributed by atoms with Crippen molar-refractivity contribution in [1.82, 2.24) is 0 Å². The highest BCUT2D eigenvalue weighted by atomic mass is 35.5. The van der Waals surface area contributed by atoms with Gasteiger partial charge >= 0.3 is 0 Å². The van der Waals surface area contributed by atoms with Crippen LogP contribution in [0.5, 0.6) is 11.5 Å². The molecule has 0 saturated heterocycles. The van der Waals surface area contributed by atoms with Crippen molar-refractivity contribution in [2.45, 2.75) is 17.1 Å². The molecule has 1 aliphatic heterocycles. The normalized spacial score (nSPS) is 13.8. The number of rotatable bonds is 3. The lowest BCUT2D eigenvalue weighted by Gasteiger charge is -2.10. The predicted molar refractivity (Wildman–Crippen MR) is 87.5 cm³/mol. The van der Waals surface area contributed by atoms with Crippen LogP contribution in [0.15, 0.2) is 41.3 Å². The molecule has 1 aliphatic rings. The molecule has 0 bridgehead atoms. The molecule has 2 N–H and O–H groups in total. The number of nitrogens with two attached hydrogens (primary N) is 1. The van der Waals surface area contributed by atoms with Crippen molar-refractivity contribution >= 4 is 29.1 Å². The quantitative estimate of drug-likeness (QED) is 0.673. The monoisotopic (exact) mass is 321 g/mol. The fourth-order valence-electron chi connectivity index (χ4n) is 2.08. The number of ether oxygens (including phenoxy) is 2.